The second kappa shape index (κ2) is 6.10. The van der Waals surface area contributed by atoms with E-state index in [1.54, 1.807) is 11.1 Å². The zero-order valence-corrected chi connectivity index (χ0v) is 13.9. The lowest BCUT2D eigenvalue weighted by Crippen LogP contribution is -2.43. The molecule has 0 radical (unpaired) electrons. The van der Waals surface area contributed by atoms with Gasteiger partial charge < -0.3 is 10.6 Å². The normalized spacial score (nSPS) is 18.9. The Morgan fingerprint density at radius 3 is 3.00 bits per heavy atom. The average Bonchev–Trinajstić information content (AvgIpc) is 3.27. The molecule has 1 aromatic heterocycles. The van der Waals surface area contributed by atoms with Crippen molar-refractivity contribution in [2.24, 2.45) is 0 Å². The van der Waals surface area contributed by atoms with Crippen LogP contribution in [-0.2, 0) is 11.2 Å². The number of benzene rings is 1. The van der Waals surface area contributed by atoms with E-state index in [2.05, 4.69) is 17.2 Å². The van der Waals surface area contributed by atoms with Gasteiger partial charge in [0.2, 0.25) is 5.91 Å². The van der Waals surface area contributed by atoms with Crippen molar-refractivity contribution in [3.63, 3.8) is 0 Å². The third-order valence-electron chi connectivity index (χ3n) is 5.05. The van der Waals surface area contributed by atoms with Gasteiger partial charge in [0, 0.05) is 25.0 Å². The molecule has 2 aliphatic heterocycles. The maximum absolute atomic E-state index is 13.0. The number of nitrogens with zero attached hydrogens (tertiary/aromatic N) is 4. The van der Waals surface area contributed by atoms with Gasteiger partial charge in [-0.3, -0.25) is 9.69 Å². The first-order valence-corrected chi connectivity index (χ1v) is 8.50. The van der Waals surface area contributed by atoms with Crippen molar-refractivity contribution in [2.75, 3.05) is 23.7 Å². The molecule has 3 heterocycles. The van der Waals surface area contributed by atoms with Crippen LogP contribution in [0.3, 0.4) is 0 Å². The SMILES string of the molecule is N#CN1CCC[C@H]1C(=O)N1CCc2c(-c3ccnc(N)c3)cccc21. The maximum atomic E-state index is 13.0. The number of amides is 1. The minimum absolute atomic E-state index is 0.0317. The molecular formula is C19H19N5O. The van der Waals surface area contributed by atoms with Crippen LogP contribution in [0.4, 0.5) is 11.5 Å². The first-order valence-electron chi connectivity index (χ1n) is 8.50. The highest BCUT2D eigenvalue weighted by Gasteiger charge is 2.36. The smallest absolute Gasteiger partial charge is 0.250 e. The van der Waals surface area contributed by atoms with Gasteiger partial charge in [0.1, 0.15) is 11.9 Å². The van der Waals surface area contributed by atoms with Crippen LogP contribution in [0.2, 0.25) is 0 Å². The number of carbonyl (C=O) groups is 1. The number of anilines is 2. The van der Waals surface area contributed by atoms with Gasteiger partial charge in [0.25, 0.3) is 0 Å². The number of hydrogen-bond acceptors (Lipinski definition) is 5. The van der Waals surface area contributed by atoms with Gasteiger partial charge in [-0.25, -0.2) is 4.98 Å². The number of nitriles is 1. The van der Waals surface area contributed by atoms with Crippen molar-refractivity contribution in [3.05, 3.63) is 42.1 Å². The van der Waals surface area contributed by atoms with Gasteiger partial charge >= 0.3 is 0 Å². The number of nitrogens with two attached hydrogens (primary N) is 1. The molecule has 0 bridgehead atoms. The lowest BCUT2D eigenvalue weighted by molar-refractivity contribution is -0.121. The molecule has 0 spiro atoms. The second-order valence-electron chi connectivity index (χ2n) is 6.46. The van der Waals surface area contributed by atoms with Crippen LogP contribution in [0.5, 0.6) is 0 Å². The summed E-state index contributed by atoms with van der Waals surface area (Å²) in [5.41, 5.74) is 10.0. The first-order chi connectivity index (χ1) is 12.2. The zero-order valence-electron chi connectivity index (χ0n) is 13.9. The van der Waals surface area contributed by atoms with Crippen molar-refractivity contribution in [1.29, 1.82) is 5.26 Å². The highest BCUT2D eigenvalue weighted by Crippen LogP contribution is 2.37. The lowest BCUT2D eigenvalue weighted by atomic mass is 9.98. The molecule has 6 heteroatoms. The molecule has 126 valence electrons. The summed E-state index contributed by atoms with van der Waals surface area (Å²) in [4.78, 5) is 20.5. The minimum atomic E-state index is -0.323. The molecule has 1 aromatic carbocycles. The predicted octanol–water partition coefficient (Wildman–Crippen LogP) is 2.17. The van der Waals surface area contributed by atoms with E-state index in [4.69, 9.17) is 5.73 Å². The Kier molecular flexibility index (Phi) is 3.77. The fourth-order valence-corrected chi connectivity index (χ4v) is 3.87. The number of nitrogen functional groups attached to an aromatic ring is 1. The molecule has 4 rings (SSSR count). The topological polar surface area (TPSA) is 86.2 Å². The fraction of sp³-hybridized carbons (Fsp3) is 0.316. The largest absolute Gasteiger partial charge is 0.384 e. The Morgan fingerprint density at radius 2 is 2.20 bits per heavy atom. The molecule has 0 unspecified atom stereocenters. The molecule has 1 atom stereocenters. The van der Waals surface area contributed by atoms with Crippen molar-refractivity contribution in [1.82, 2.24) is 9.88 Å². The quantitative estimate of drug-likeness (QED) is 0.851. The van der Waals surface area contributed by atoms with E-state index in [0.29, 0.717) is 18.9 Å². The summed E-state index contributed by atoms with van der Waals surface area (Å²) in [7, 11) is 0. The Balaban J connectivity index is 1.69. The summed E-state index contributed by atoms with van der Waals surface area (Å²) in [6, 6.07) is 9.47. The fourth-order valence-electron chi connectivity index (χ4n) is 3.87. The number of pyridine rings is 1. The van der Waals surface area contributed by atoms with Gasteiger partial charge in [-0.2, -0.15) is 5.26 Å². The maximum Gasteiger partial charge on any atom is 0.250 e. The third kappa shape index (κ3) is 2.58. The highest BCUT2D eigenvalue weighted by molar-refractivity contribution is 6.00. The molecule has 6 nitrogen and oxygen atoms in total. The Morgan fingerprint density at radius 1 is 1.32 bits per heavy atom. The standard InChI is InChI=1S/C19H19N5O/c20-12-23-9-2-5-17(23)19(25)24-10-7-15-14(3-1-4-16(15)24)13-6-8-22-18(21)11-13/h1,3-4,6,8,11,17H,2,5,7,9-10H2,(H2,21,22)/t17-/m0/s1. The number of carbonyl (C=O) groups excluding carboxylic acids is 1. The van der Waals surface area contributed by atoms with Gasteiger partial charge in [0.05, 0.1) is 0 Å². The van der Waals surface area contributed by atoms with Crippen LogP contribution in [0.25, 0.3) is 11.1 Å². The molecule has 0 saturated carbocycles. The van der Waals surface area contributed by atoms with Gasteiger partial charge in [-0.15, -0.1) is 0 Å². The summed E-state index contributed by atoms with van der Waals surface area (Å²) < 4.78 is 0. The molecule has 1 amide bonds. The van der Waals surface area contributed by atoms with Crippen LogP contribution in [-0.4, -0.2) is 34.9 Å². The van der Waals surface area contributed by atoms with Crippen LogP contribution in [0, 0.1) is 11.5 Å². The van der Waals surface area contributed by atoms with E-state index in [1.807, 2.05) is 29.2 Å². The summed E-state index contributed by atoms with van der Waals surface area (Å²) in [6.07, 6.45) is 6.29. The van der Waals surface area contributed by atoms with Crippen molar-refractivity contribution < 1.29 is 4.79 Å². The molecule has 1 fully saturated rings. The lowest BCUT2D eigenvalue weighted by Gasteiger charge is -2.25. The van der Waals surface area contributed by atoms with Crippen LogP contribution in [0.15, 0.2) is 36.5 Å². The number of fused-ring (bicyclic) bond motifs is 1. The molecule has 2 N–H and O–H groups in total. The summed E-state index contributed by atoms with van der Waals surface area (Å²) in [6.45, 7) is 1.32. The molecular weight excluding hydrogens is 314 g/mol. The second-order valence-corrected chi connectivity index (χ2v) is 6.46. The minimum Gasteiger partial charge on any atom is -0.384 e. The van der Waals surface area contributed by atoms with Crippen LogP contribution >= 0.6 is 0 Å². The molecule has 1 saturated heterocycles. The molecule has 0 aliphatic carbocycles. The van der Waals surface area contributed by atoms with E-state index < -0.39 is 0 Å². The zero-order chi connectivity index (χ0) is 17.4. The predicted molar refractivity (Wildman–Crippen MR) is 95.5 cm³/mol. The van der Waals surface area contributed by atoms with Crippen molar-refractivity contribution >= 4 is 17.4 Å². The van der Waals surface area contributed by atoms with Gasteiger partial charge in [-0.1, -0.05) is 12.1 Å². The average molecular weight is 333 g/mol. The molecule has 25 heavy (non-hydrogen) atoms. The van der Waals surface area contributed by atoms with E-state index in [9.17, 15) is 10.1 Å². The van der Waals surface area contributed by atoms with Crippen LogP contribution < -0.4 is 10.6 Å². The van der Waals surface area contributed by atoms with Crippen molar-refractivity contribution in [3.8, 4) is 17.3 Å². The van der Waals surface area contributed by atoms with E-state index in [1.165, 1.54) is 0 Å². The van der Waals surface area contributed by atoms with E-state index in [0.717, 1.165) is 41.6 Å². The third-order valence-corrected chi connectivity index (χ3v) is 5.05. The van der Waals surface area contributed by atoms with Gasteiger partial charge in [0.15, 0.2) is 6.19 Å². The number of aromatic nitrogens is 1. The molecule has 2 aliphatic rings. The van der Waals surface area contributed by atoms with Crippen molar-refractivity contribution in [2.45, 2.75) is 25.3 Å². The van der Waals surface area contributed by atoms with Crippen LogP contribution in [0.1, 0.15) is 18.4 Å². The Hall–Kier alpha value is -3.07. The molecule has 2 aromatic rings. The highest BCUT2D eigenvalue weighted by atomic mass is 16.2. The van der Waals surface area contributed by atoms with Gasteiger partial charge in [-0.05, 0) is 54.2 Å². The van der Waals surface area contributed by atoms with E-state index in [-0.39, 0.29) is 11.9 Å². The summed E-state index contributed by atoms with van der Waals surface area (Å²) in [5.74, 6) is 0.515. The number of likely N-dealkylation sites (tertiary alicyclic amines) is 1. The van der Waals surface area contributed by atoms with E-state index >= 15 is 0 Å². The summed E-state index contributed by atoms with van der Waals surface area (Å²) >= 11 is 0. The first kappa shape index (κ1) is 15.5. The summed E-state index contributed by atoms with van der Waals surface area (Å²) in [5, 5.41) is 9.23. The number of rotatable bonds is 2. The Labute approximate surface area is 146 Å². The number of hydrogen-bond donors (Lipinski definition) is 1. The Bertz CT molecular complexity index is 872. The monoisotopic (exact) mass is 333 g/mol.